The largest absolute Gasteiger partial charge is 0.454 e. The van der Waals surface area contributed by atoms with E-state index < -0.39 is 0 Å². The summed E-state index contributed by atoms with van der Waals surface area (Å²) in [6.07, 6.45) is 4.45. The summed E-state index contributed by atoms with van der Waals surface area (Å²) in [7, 11) is 0. The van der Waals surface area contributed by atoms with Gasteiger partial charge in [0.25, 0.3) is 5.91 Å². The van der Waals surface area contributed by atoms with E-state index in [2.05, 4.69) is 28.2 Å². The van der Waals surface area contributed by atoms with Crippen LogP contribution in [-0.2, 0) is 0 Å². The van der Waals surface area contributed by atoms with Crippen molar-refractivity contribution in [3.63, 3.8) is 0 Å². The smallest absolute Gasteiger partial charge is 0.251 e. The van der Waals surface area contributed by atoms with Crippen molar-refractivity contribution in [2.45, 2.75) is 38.1 Å². The van der Waals surface area contributed by atoms with Gasteiger partial charge in [-0.25, -0.2) is 0 Å². The predicted molar refractivity (Wildman–Crippen MR) is 84.2 cm³/mol. The Morgan fingerprint density at radius 2 is 2.24 bits per heavy atom. The monoisotopic (exact) mass is 353 g/mol. The number of benzene rings is 1. The van der Waals surface area contributed by atoms with E-state index in [0.29, 0.717) is 23.0 Å². The van der Waals surface area contributed by atoms with Crippen molar-refractivity contribution in [1.82, 2.24) is 5.32 Å². The maximum absolute atomic E-state index is 12.6. The van der Waals surface area contributed by atoms with Crippen molar-refractivity contribution in [3.8, 4) is 11.5 Å². The lowest BCUT2D eigenvalue weighted by Gasteiger charge is -2.39. The molecular weight excluding hydrogens is 334 g/mol. The molecule has 0 aromatic heterocycles. The van der Waals surface area contributed by atoms with Gasteiger partial charge in [-0.05, 0) is 37.0 Å². The lowest BCUT2D eigenvalue weighted by molar-refractivity contribution is 0.0869. The highest BCUT2D eigenvalue weighted by Crippen LogP contribution is 2.35. The second-order valence-corrected chi connectivity index (χ2v) is 6.70. The van der Waals surface area contributed by atoms with Gasteiger partial charge in [-0.3, -0.25) is 4.79 Å². The van der Waals surface area contributed by atoms with Gasteiger partial charge in [0, 0.05) is 10.9 Å². The fraction of sp³-hybridized carbons (Fsp3) is 0.562. The normalized spacial score (nSPS) is 27.4. The lowest BCUT2D eigenvalue weighted by Crippen LogP contribution is -2.52. The summed E-state index contributed by atoms with van der Waals surface area (Å²) in [5.41, 5.74) is 0.489. The number of rotatable bonds is 3. The number of nitrogens with one attached hydrogen (secondary N) is 1. The highest BCUT2D eigenvalue weighted by atomic mass is 79.9. The Kier molecular flexibility index (Phi) is 4.11. The van der Waals surface area contributed by atoms with Gasteiger partial charge in [0.15, 0.2) is 11.5 Å². The first-order valence-corrected chi connectivity index (χ1v) is 8.52. The van der Waals surface area contributed by atoms with Crippen molar-refractivity contribution in [1.29, 1.82) is 0 Å². The molecule has 4 nitrogen and oxygen atoms in total. The van der Waals surface area contributed by atoms with Crippen LogP contribution < -0.4 is 14.8 Å². The number of amides is 1. The highest BCUT2D eigenvalue weighted by Gasteiger charge is 2.35. The molecule has 0 spiro atoms. The maximum Gasteiger partial charge on any atom is 0.251 e. The Morgan fingerprint density at radius 1 is 1.43 bits per heavy atom. The molecule has 1 amide bonds. The van der Waals surface area contributed by atoms with Crippen LogP contribution in [0.1, 0.15) is 43.0 Å². The van der Waals surface area contributed by atoms with Gasteiger partial charge in [0.05, 0.1) is 5.54 Å². The van der Waals surface area contributed by atoms with Gasteiger partial charge >= 0.3 is 0 Å². The molecule has 1 aromatic carbocycles. The van der Waals surface area contributed by atoms with E-state index in [1.54, 1.807) is 18.2 Å². The quantitative estimate of drug-likeness (QED) is 0.846. The van der Waals surface area contributed by atoms with E-state index >= 15 is 0 Å². The van der Waals surface area contributed by atoms with E-state index in [4.69, 9.17) is 9.47 Å². The summed E-state index contributed by atoms with van der Waals surface area (Å²) < 4.78 is 10.6. The number of carbonyl (C=O) groups excluding carboxylic acids is 1. The Morgan fingerprint density at radius 3 is 3.00 bits per heavy atom. The van der Waals surface area contributed by atoms with Crippen LogP contribution in [-0.4, -0.2) is 23.6 Å². The second kappa shape index (κ2) is 5.87. The van der Waals surface area contributed by atoms with Gasteiger partial charge in [-0.2, -0.15) is 0 Å². The molecule has 1 saturated carbocycles. The summed E-state index contributed by atoms with van der Waals surface area (Å²) in [4.78, 5) is 12.6. The van der Waals surface area contributed by atoms with Gasteiger partial charge in [0.2, 0.25) is 6.79 Å². The molecule has 2 aliphatic rings. The minimum atomic E-state index is -0.134. The Labute approximate surface area is 133 Å². The molecule has 2 atom stereocenters. The van der Waals surface area contributed by atoms with Crippen LogP contribution in [0.5, 0.6) is 11.5 Å². The zero-order valence-electron chi connectivity index (χ0n) is 12.2. The van der Waals surface area contributed by atoms with Crippen LogP contribution >= 0.6 is 15.9 Å². The topological polar surface area (TPSA) is 47.6 Å². The van der Waals surface area contributed by atoms with Crippen molar-refractivity contribution >= 4 is 21.8 Å². The molecule has 0 radical (unpaired) electrons. The average molecular weight is 354 g/mol. The van der Waals surface area contributed by atoms with Crippen molar-refractivity contribution in [2.75, 3.05) is 12.1 Å². The predicted octanol–water partition coefficient (Wildman–Crippen LogP) is 3.49. The minimum absolute atomic E-state index is 0.0400. The number of hydrogen-bond donors (Lipinski definition) is 1. The third-order valence-corrected chi connectivity index (χ3v) is 5.43. The standard InChI is InChI=1S/C16H20BrNO3/c1-11-3-2-6-16(8-11,9-17)18-15(19)12-4-5-13-14(7-12)21-10-20-13/h4-5,7,11H,2-3,6,8-10H2,1H3,(H,18,19). The van der Waals surface area contributed by atoms with Crippen molar-refractivity contribution in [2.24, 2.45) is 5.92 Å². The SMILES string of the molecule is CC1CCCC(CBr)(NC(=O)c2ccc3c(c2)OCO3)C1. The molecule has 1 N–H and O–H groups in total. The fourth-order valence-electron chi connectivity index (χ4n) is 3.28. The lowest BCUT2D eigenvalue weighted by atomic mass is 9.77. The molecule has 21 heavy (non-hydrogen) atoms. The van der Waals surface area contributed by atoms with Crippen LogP contribution in [0.15, 0.2) is 18.2 Å². The molecule has 1 heterocycles. The number of alkyl halides is 1. The van der Waals surface area contributed by atoms with E-state index in [-0.39, 0.29) is 18.2 Å². The zero-order chi connectivity index (χ0) is 14.9. The average Bonchev–Trinajstić information content (AvgIpc) is 2.94. The van der Waals surface area contributed by atoms with Crippen LogP contribution in [0, 0.1) is 5.92 Å². The molecule has 1 aromatic rings. The molecule has 1 aliphatic carbocycles. The number of ether oxygens (including phenoxy) is 2. The Balaban J connectivity index is 1.75. The summed E-state index contributed by atoms with van der Waals surface area (Å²) in [6, 6.07) is 5.34. The van der Waals surface area contributed by atoms with Gasteiger partial charge in [0.1, 0.15) is 0 Å². The summed E-state index contributed by atoms with van der Waals surface area (Å²) in [5, 5.41) is 4.03. The zero-order valence-corrected chi connectivity index (χ0v) is 13.7. The summed E-state index contributed by atoms with van der Waals surface area (Å²) in [6.45, 7) is 2.48. The molecule has 1 fully saturated rings. The molecule has 5 heteroatoms. The van der Waals surface area contributed by atoms with Crippen LogP contribution in [0.2, 0.25) is 0 Å². The second-order valence-electron chi connectivity index (χ2n) is 6.14. The Hall–Kier alpha value is -1.23. The highest BCUT2D eigenvalue weighted by molar-refractivity contribution is 9.09. The van der Waals surface area contributed by atoms with Gasteiger partial charge < -0.3 is 14.8 Å². The summed E-state index contributed by atoms with van der Waals surface area (Å²) in [5.74, 6) is 1.95. The van der Waals surface area contributed by atoms with E-state index in [9.17, 15) is 4.79 Å². The molecule has 0 bridgehead atoms. The van der Waals surface area contributed by atoms with Gasteiger partial charge in [-0.1, -0.05) is 35.7 Å². The number of carbonyl (C=O) groups is 1. The number of hydrogen-bond acceptors (Lipinski definition) is 3. The number of halogens is 1. The first-order chi connectivity index (χ1) is 10.1. The fourth-order valence-corrected chi connectivity index (χ4v) is 3.93. The summed E-state index contributed by atoms with van der Waals surface area (Å²) >= 11 is 3.59. The number of fused-ring (bicyclic) bond motifs is 1. The Bertz CT molecular complexity index is 548. The van der Waals surface area contributed by atoms with Crippen LogP contribution in [0.25, 0.3) is 0 Å². The molecule has 0 saturated heterocycles. The van der Waals surface area contributed by atoms with E-state index in [0.717, 1.165) is 24.6 Å². The van der Waals surface area contributed by atoms with E-state index in [1.807, 2.05) is 0 Å². The molecule has 114 valence electrons. The minimum Gasteiger partial charge on any atom is -0.454 e. The first kappa shape index (κ1) is 14.7. The third kappa shape index (κ3) is 3.03. The molecular formula is C16H20BrNO3. The third-order valence-electron chi connectivity index (χ3n) is 4.36. The van der Waals surface area contributed by atoms with Crippen molar-refractivity contribution in [3.05, 3.63) is 23.8 Å². The van der Waals surface area contributed by atoms with Crippen molar-refractivity contribution < 1.29 is 14.3 Å². The molecule has 1 aliphatic heterocycles. The molecule has 2 unspecified atom stereocenters. The molecule has 3 rings (SSSR count). The van der Waals surface area contributed by atoms with Crippen LogP contribution in [0.4, 0.5) is 0 Å². The first-order valence-electron chi connectivity index (χ1n) is 7.40. The van der Waals surface area contributed by atoms with Gasteiger partial charge in [-0.15, -0.1) is 0 Å². The van der Waals surface area contributed by atoms with E-state index in [1.165, 1.54) is 6.42 Å². The maximum atomic E-state index is 12.6. The van der Waals surface area contributed by atoms with Crippen LogP contribution in [0.3, 0.4) is 0 Å².